The number of hydrogen-bond acceptors (Lipinski definition) is 4. The Balaban J connectivity index is -0.00000144. The van der Waals surface area contributed by atoms with Crippen LogP contribution in [-0.4, -0.2) is 50.9 Å². The summed E-state index contributed by atoms with van der Waals surface area (Å²) in [7, 11) is 7.14. The van der Waals surface area contributed by atoms with Crippen molar-refractivity contribution in [1.29, 1.82) is 0 Å². The summed E-state index contributed by atoms with van der Waals surface area (Å²) in [6, 6.07) is 0. The lowest BCUT2D eigenvalue weighted by atomic mass is 10.0. The first-order chi connectivity index (χ1) is 8.25. The fourth-order valence-corrected chi connectivity index (χ4v) is 1.73. The summed E-state index contributed by atoms with van der Waals surface area (Å²) < 4.78 is 0. The monoisotopic (exact) mass is 326 g/mol. The maximum atomic E-state index is 4.40. The zero-order valence-corrected chi connectivity index (χ0v) is 15.2. The molecule has 0 unspecified atom stereocenters. The molecule has 0 rings (SSSR count). The highest BCUT2D eigenvalue weighted by Crippen LogP contribution is 2.17. The van der Waals surface area contributed by atoms with E-state index in [0.29, 0.717) is 0 Å². The molecule has 6 nitrogen and oxygen atoms in total. The first kappa shape index (κ1) is 24.2. The average molecular weight is 327 g/mol. The van der Waals surface area contributed by atoms with E-state index in [1.807, 2.05) is 41.8 Å². The van der Waals surface area contributed by atoms with Gasteiger partial charge < -0.3 is 10.6 Å². The smallest absolute Gasteiger partial charge is 0.132 e. The van der Waals surface area contributed by atoms with Crippen LogP contribution in [-0.2, 0) is 0 Å². The van der Waals surface area contributed by atoms with E-state index < -0.39 is 11.1 Å². The van der Waals surface area contributed by atoms with Gasteiger partial charge in [0.1, 0.15) is 22.7 Å². The van der Waals surface area contributed by atoms with E-state index in [4.69, 9.17) is 0 Å². The van der Waals surface area contributed by atoms with Gasteiger partial charge in [-0.3, -0.25) is 9.98 Å². The third-order valence-corrected chi connectivity index (χ3v) is 2.63. The number of aliphatic imine (C=N–C) groups is 2. The van der Waals surface area contributed by atoms with Gasteiger partial charge in [0.2, 0.25) is 0 Å². The van der Waals surface area contributed by atoms with Crippen LogP contribution in [0.15, 0.2) is 20.2 Å². The van der Waals surface area contributed by atoms with Gasteiger partial charge in [-0.05, 0) is 27.7 Å². The maximum absolute atomic E-state index is 4.40. The molecule has 0 aromatic carbocycles. The summed E-state index contributed by atoms with van der Waals surface area (Å²) >= 11 is 0. The van der Waals surface area contributed by atoms with Crippen LogP contribution in [0.3, 0.4) is 0 Å². The molecule has 2 N–H and O–H groups in total. The molecule has 0 radical (unpaired) electrons. The van der Waals surface area contributed by atoms with Gasteiger partial charge >= 0.3 is 0 Å². The predicted molar refractivity (Wildman–Crippen MR) is 92.3 cm³/mol. The first-order valence-corrected chi connectivity index (χ1v) is 5.99. The van der Waals surface area contributed by atoms with Gasteiger partial charge in [0.25, 0.3) is 0 Å². The van der Waals surface area contributed by atoms with Crippen molar-refractivity contribution in [1.82, 2.24) is 10.6 Å². The molecule has 0 bridgehead atoms. The minimum atomic E-state index is -0.479. The van der Waals surface area contributed by atoms with Crippen molar-refractivity contribution in [3.63, 3.8) is 0 Å². The highest BCUT2D eigenvalue weighted by atomic mass is 35.5. The third kappa shape index (κ3) is 6.52. The second-order valence-electron chi connectivity index (χ2n) is 4.96. The molecule has 8 heteroatoms. The summed E-state index contributed by atoms with van der Waals surface area (Å²) in [5.41, 5.74) is -0.958. The molecule has 0 aromatic heterocycles. The molecule has 0 saturated carbocycles. The Kier molecular flexibility index (Phi) is 12.0. The number of nitrogens with one attached hydrogen (secondary N) is 2. The Labute approximate surface area is 134 Å². The van der Waals surface area contributed by atoms with Gasteiger partial charge in [-0.25, -0.2) is 0 Å². The lowest BCUT2D eigenvalue weighted by Crippen LogP contribution is -2.42. The van der Waals surface area contributed by atoms with Crippen molar-refractivity contribution < 1.29 is 0 Å². The summed E-state index contributed by atoms with van der Waals surface area (Å²) in [6.07, 6.45) is 0. The molecule has 0 aliphatic heterocycles. The Bertz CT molecular complexity index is 327. The van der Waals surface area contributed by atoms with Gasteiger partial charge in [-0.15, -0.1) is 24.8 Å². The minimum Gasteiger partial charge on any atom is -0.375 e. The lowest BCUT2D eigenvalue weighted by molar-refractivity contribution is 0.549. The van der Waals surface area contributed by atoms with Crippen molar-refractivity contribution >= 4 is 36.5 Å². The van der Waals surface area contributed by atoms with Gasteiger partial charge in [0.15, 0.2) is 0 Å². The van der Waals surface area contributed by atoms with Crippen LogP contribution in [0.25, 0.3) is 0 Å². The largest absolute Gasteiger partial charge is 0.375 e. The quantitative estimate of drug-likeness (QED) is 0.472. The van der Waals surface area contributed by atoms with E-state index in [0.717, 1.165) is 11.7 Å². The van der Waals surface area contributed by atoms with E-state index >= 15 is 0 Å². The Hall–Kier alpha value is -0.880. The van der Waals surface area contributed by atoms with Crippen LogP contribution in [0.2, 0.25) is 0 Å². The molecule has 0 amide bonds. The number of nitrogens with zero attached hydrogens (tertiary/aromatic N) is 4. The van der Waals surface area contributed by atoms with Crippen molar-refractivity contribution in [2.75, 3.05) is 28.2 Å². The molecule has 0 aromatic rings. The molecular weight excluding hydrogens is 299 g/mol. The Morgan fingerprint density at radius 1 is 0.700 bits per heavy atom. The zero-order chi connectivity index (χ0) is 14.4. The van der Waals surface area contributed by atoms with Gasteiger partial charge in [-0.2, -0.15) is 10.2 Å². The number of amidine groups is 2. The van der Waals surface area contributed by atoms with Crippen LogP contribution < -0.4 is 10.6 Å². The summed E-state index contributed by atoms with van der Waals surface area (Å²) in [5.74, 6) is 1.59. The number of likely N-dealkylation sites (N-methyl/N-ethyl adjacent to an activating group) is 2. The fraction of sp³-hybridized carbons (Fsp3) is 0.833. The Morgan fingerprint density at radius 2 is 0.950 bits per heavy atom. The van der Waals surface area contributed by atoms with Gasteiger partial charge in [0.05, 0.1) is 0 Å². The fourth-order valence-electron chi connectivity index (χ4n) is 1.73. The highest BCUT2D eigenvalue weighted by molar-refractivity contribution is 5.91. The molecule has 0 saturated heterocycles. The summed E-state index contributed by atoms with van der Waals surface area (Å²) in [6.45, 7) is 7.86. The maximum Gasteiger partial charge on any atom is 0.132 e. The summed E-state index contributed by atoms with van der Waals surface area (Å²) in [5, 5.41) is 14.9. The van der Waals surface area contributed by atoms with Crippen LogP contribution in [0.1, 0.15) is 27.7 Å². The van der Waals surface area contributed by atoms with E-state index in [-0.39, 0.29) is 24.8 Å². The number of halogens is 2. The van der Waals surface area contributed by atoms with Gasteiger partial charge in [-0.1, -0.05) is 0 Å². The molecule has 0 heterocycles. The van der Waals surface area contributed by atoms with E-state index in [2.05, 4.69) is 30.8 Å². The first-order valence-electron chi connectivity index (χ1n) is 5.99. The molecule has 0 aliphatic carbocycles. The minimum absolute atomic E-state index is 0. The van der Waals surface area contributed by atoms with Crippen LogP contribution >= 0.6 is 24.8 Å². The van der Waals surface area contributed by atoms with Crippen molar-refractivity contribution in [2.24, 2.45) is 20.2 Å². The third-order valence-electron chi connectivity index (χ3n) is 2.63. The molecule has 0 spiro atoms. The number of rotatable bonds is 4. The Morgan fingerprint density at radius 3 is 1.10 bits per heavy atom. The lowest BCUT2D eigenvalue weighted by Gasteiger charge is -2.25. The molecule has 20 heavy (non-hydrogen) atoms. The normalized spacial score (nSPS) is 13.6. The highest BCUT2D eigenvalue weighted by Gasteiger charge is 2.28. The van der Waals surface area contributed by atoms with Crippen LogP contribution in [0, 0.1) is 0 Å². The van der Waals surface area contributed by atoms with E-state index in [1.165, 1.54) is 0 Å². The van der Waals surface area contributed by atoms with Crippen molar-refractivity contribution in [3.05, 3.63) is 0 Å². The molecule has 0 aliphatic rings. The molecule has 0 atom stereocenters. The average Bonchev–Trinajstić information content (AvgIpc) is 2.29. The van der Waals surface area contributed by atoms with E-state index in [9.17, 15) is 0 Å². The van der Waals surface area contributed by atoms with Crippen molar-refractivity contribution in [2.45, 2.75) is 38.8 Å². The topological polar surface area (TPSA) is 73.5 Å². The number of azo groups is 1. The van der Waals surface area contributed by atoms with E-state index in [1.54, 1.807) is 14.1 Å². The molecular formula is C12H28Cl2N6. The predicted octanol–water partition coefficient (Wildman–Crippen LogP) is 2.33. The number of hydrogen-bond donors (Lipinski definition) is 2. The van der Waals surface area contributed by atoms with Crippen molar-refractivity contribution in [3.8, 4) is 0 Å². The standard InChI is InChI=1S/C12H26N6.2ClH/c1-11(2,9(13-5)14-6)17-18-12(3,4)10(15-7)16-8;;/h1-8H3,(H,13,14)(H,15,16);2*1H. The van der Waals surface area contributed by atoms with Crippen LogP contribution in [0.4, 0.5) is 0 Å². The molecule has 0 fully saturated rings. The second kappa shape index (κ2) is 9.94. The summed E-state index contributed by atoms with van der Waals surface area (Å²) in [4.78, 5) is 8.34. The second-order valence-corrected chi connectivity index (χ2v) is 4.96. The zero-order valence-electron chi connectivity index (χ0n) is 13.6. The van der Waals surface area contributed by atoms with Gasteiger partial charge in [0, 0.05) is 28.2 Å². The SMILES string of the molecule is CN=C(NC)C(C)(C)N=NC(C)(C)C(=NC)NC.Cl.Cl. The van der Waals surface area contributed by atoms with Crippen LogP contribution in [0.5, 0.6) is 0 Å². The molecule has 120 valence electrons.